The molecule has 0 radical (unpaired) electrons. The van der Waals surface area contributed by atoms with Crippen LogP contribution in [0, 0.1) is 22.7 Å². The van der Waals surface area contributed by atoms with Gasteiger partial charge in [0.1, 0.15) is 5.75 Å². The minimum absolute atomic E-state index is 0.305. The molecule has 0 unspecified atom stereocenters. The highest BCUT2D eigenvalue weighted by Crippen LogP contribution is 2.47. The number of carbonyl (C=O) groups is 2. The molecule has 1 aromatic carbocycles. The lowest BCUT2D eigenvalue weighted by Crippen LogP contribution is -2.59. The number of hydrogen-bond donors (Lipinski definition) is 0. The minimum Gasteiger partial charge on any atom is -0.461 e. The summed E-state index contributed by atoms with van der Waals surface area (Å²) in [6.07, 6.45) is 0. The maximum Gasteiger partial charge on any atom is 0.384 e. The van der Waals surface area contributed by atoms with E-state index in [-0.39, 0.29) is 10.8 Å². The average Bonchev–Trinajstić information content (AvgIpc) is 2.55. The lowest BCUT2D eigenvalue weighted by Gasteiger charge is -2.51. The lowest BCUT2D eigenvalue weighted by molar-refractivity contribution is -0.283. The third-order valence-electron chi connectivity index (χ3n) is 4.10. The number of rotatable bonds is 4. The Labute approximate surface area is 156 Å². The minimum atomic E-state index is -0.879. The molecular weight excluding hydrogens is 332 g/mol. The van der Waals surface area contributed by atoms with E-state index in [1.807, 2.05) is 0 Å². The lowest BCUT2D eigenvalue weighted by atomic mass is 9.70. The van der Waals surface area contributed by atoms with Crippen molar-refractivity contribution >= 4 is 11.8 Å². The van der Waals surface area contributed by atoms with Gasteiger partial charge >= 0.3 is 5.97 Å². The highest BCUT2D eigenvalue weighted by molar-refractivity contribution is 6.11. The van der Waals surface area contributed by atoms with E-state index in [9.17, 15) is 9.59 Å². The van der Waals surface area contributed by atoms with E-state index in [4.69, 9.17) is 9.47 Å². The standard InChI is InChI=1S/C21H28O5/c1-19(2,3)21(25-8,20(4,5)6)26-16-11-9-15(10-12-16)17(22)13-14-18(23)24-7/h9-12H,1-8H3. The van der Waals surface area contributed by atoms with Gasteiger partial charge in [-0.05, 0) is 30.2 Å². The molecule has 0 saturated heterocycles. The molecule has 0 aliphatic heterocycles. The summed E-state index contributed by atoms with van der Waals surface area (Å²) in [5.41, 5.74) is -0.246. The highest BCUT2D eigenvalue weighted by Gasteiger charge is 2.54. The predicted molar refractivity (Wildman–Crippen MR) is 99.8 cm³/mol. The topological polar surface area (TPSA) is 61.8 Å². The number of Topliss-reactive ketones (excluding diaryl/α,β-unsaturated/α-hetero) is 1. The number of benzene rings is 1. The summed E-state index contributed by atoms with van der Waals surface area (Å²) in [6, 6.07) is 6.60. The van der Waals surface area contributed by atoms with Crippen LogP contribution in [0.2, 0.25) is 0 Å². The second-order valence-electron chi connectivity index (χ2n) is 8.02. The van der Waals surface area contributed by atoms with Crippen molar-refractivity contribution in [2.45, 2.75) is 47.3 Å². The van der Waals surface area contributed by atoms with E-state index in [1.165, 1.54) is 7.11 Å². The molecule has 5 heteroatoms. The van der Waals surface area contributed by atoms with E-state index in [2.05, 4.69) is 58.1 Å². The first-order valence-corrected chi connectivity index (χ1v) is 8.36. The van der Waals surface area contributed by atoms with Crippen LogP contribution in [0.5, 0.6) is 5.75 Å². The monoisotopic (exact) mass is 360 g/mol. The molecule has 0 aliphatic rings. The first kappa shape index (κ1) is 21.7. The fourth-order valence-corrected chi connectivity index (χ4v) is 3.16. The van der Waals surface area contributed by atoms with Gasteiger partial charge in [0.05, 0.1) is 7.11 Å². The zero-order chi connectivity index (χ0) is 20.2. The summed E-state index contributed by atoms with van der Waals surface area (Å²) in [7, 11) is 2.84. The fraction of sp³-hybridized carbons (Fsp3) is 0.524. The van der Waals surface area contributed by atoms with Gasteiger partial charge in [-0.25, -0.2) is 4.79 Å². The van der Waals surface area contributed by atoms with Gasteiger partial charge in [-0.15, -0.1) is 0 Å². The molecule has 0 aliphatic carbocycles. The second kappa shape index (κ2) is 7.92. The molecule has 0 N–H and O–H groups in total. The average molecular weight is 360 g/mol. The summed E-state index contributed by atoms with van der Waals surface area (Å²) in [6.45, 7) is 12.3. The van der Waals surface area contributed by atoms with Crippen LogP contribution in [0.15, 0.2) is 24.3 Å². The van der Waals surface area contributed by atoms with Crippen molar-refractivity contribution in [1.29, 1.82) is 0 Å². The van der Waals surface area contributed by atoms with Crippen LogP contribution in [-0.2, 0) is 14.3 Å². The molecule has 1 rings (SSSR count). The van der Waals surface area contributed by atoms with Crippen LogP contribution in [0.25, 0.3) is 0 Å². The predicted octanol–water partition coefficient (Wildman–Crippen LogP) is 3.86. The molecule has 5 nitrogen and oxygen atoms in total. The van der Waals surface area contributed by atoms with Crippen molar-refractivity contribution in [2.24, 2.45) is 10.8 Å². The molecule has 0 aromatic heterocycles. The normalized spacial score (nSPS) is 12.0. The van der Waals surface area contributed by atoms with Gasteiger partial charge < -0.3 is 14.2 Å². The van der Waals surface area contributed by atoms with Gasteiger partial charge in [-0.3, -0.25) is 4.79 Å². The van der Waals surface area contributed by atoms with E-state index < -0.39 is 17.5 Å². The Morgan fingerprint density at radius 3 is 1.73 bits per heavy atom. The quantitative estimate of drug-likeness (QED) is 0.204. The van der Waals surface area contributed by atoms with Crippen LogP contribution in [0.1, 0.15) is 51.9 Å². The number of ketones is 1. The van der Waals surface area contributed by atoms with Crippen LogP contribution in [0.3, 0.4) is 0 Å². The molecule has 0 heterocycles. The van der Waals surface area contributed by atoms with Gasteiger partial charge in [-0.2, -0.15) is 0 Å². The fourth-order valence-electron chi connectivity index (χ4n) is 3.16. The Kier molecular flexibility index (Phi) is 6.62. The number of methoxy groups -OCH3 is 2. The molecule has 26 heavy (non-hydrogen) atoms. The van der Waals surface area contributed by atoms with Gasteiger partial charge in [0.25, 0.3) is 0 Å². The maximum absolute atomic E-state index is 12.0. The van der Waals surface area contributed by atoms with Crippen molar-refractivity contribution < 1.29 is 23.8 Å². The SMILES string of the molecule is COC(=O)C#CC(=O)c1ccc(OC(OC)(C(C)(C)C)C(C)(C)C)cc1. The third-order valence-corrected chi connectivity index (χ3v) is 4.10. The Hall–Kier alpha value is -2.32. The third kappa shape index (κ3) is 4.64. The van der Waals surface area contributed by atoms with Crippen molar-refractivity contribution in [2.75, 3.05) is 14.2 Å². The van der Waals surface area contributed by atoms with E-state index in [1.54, 1.807) is 31.4 Å². The van der Waals surface area contributed by atoms with Crippen molar-refractivity contribution in [3.8, 4) is 17.6 Å². The number of ether oxygens (including phenoxy) is 3. The van der Waals surface area contributed by atoms with Gasteiger partial charge in [-0.1, -0.05) is 41.5 Å². The van der Waals surface area contributed by atoms with E-state index in [0.717, 1.165) is 0 Å². The highest BCUT2D eigenvalue weighted by atomic mass is 16.7. The number of hydrogen-bond acceptors (Lipinski definition) is 5. The zero-order valence-electron chi connectivity index (χ0n) is 16.9. The van der Waals surface area contributed by atoms with Crippen LogP contribution in [-0.4, -0.2) is 31.8 Å². The van der Waals surface area contributed by atoms with Crippen molar-refractivity contribution in [3.63, 3.8) is 0 Å². The summed E-state index contributed by atoms with van der Waals surface area (Å²) < 4.78 is 16.5. The molecule has 0 bridgehead atoms. The number of carbonyl (C=O) groups excluding carboxylic acids is 2. The summed E-state index contributed by atoms with van der Waals surface area (Å²) in [5, 5.41) is 0. The van der Waals surface area contributed by atoms with Crippen LogP contribution < -0.4 is 4.74 Å². The number of esters is 1. The van der Waals surface area contributed by atoms with Gasteiger partial charge in [0, 0.05) is 29.4 Å². The Balaban J connectivity index is 3.12. The molecule has 0 amide bonds. The van der Waals surface area contributed by atoms with Crippen LogP contribution in [0.4, 0.5) is 0 Å². The Bertz CT molecular complexity index is 692. The van der Waals surface area contributed by atoms with E-state index in [0.29, 0.717) is 11.3 Å². The molecule has 1 aromatic rings. The molecule has 0 saturated carbocycles. The smallest absolute Gasteiger partial charge is 0.384 e. The summed E-state index contributed by atoms with van der Waals surface area (Å²) in [4.78, 5) is 23.0. The second-order valence-corrected chi connectivity index (χ2v) is 8.02. The van der Waals surface area contributed by atoms with Crippen molar-refractivity contribution in [1.82, 2.24) is 0 Å². The molecule has 142 valence electrons. The Morgan fingerprint density at radius 2 is 1.35 bits per heavy atom. The largest absolute Gasteiger partial charge is 0.461 e. The van der Waals surface area contributed by atoms with Gasteiger partial charge in [0.2, 0.25) is 11.6 Å². The summed E-state index contributed by atoms with van der Waals surface area (Å²) >= 11 is 0. The molecular formula is C21H28O5. The molecule has 0 spiro atoms. The summed E-state index contributed by atoms with van der Waals surface area (Å²) in [5.74, 6) is 2.85. The zero-order valence-corrected chi connectivity index (χ0v) is 16.9. The molecule has 0 fully saturated rings. The van der Waals surface area contributed by atoms with E-state index >= 15 is 0 Å². The maximum atomic E-state index is 12.0. The van der Waals surface area contributed by atoms with Crippen molar-refractivity contribution in [3.05, 3.63) is 29.8 Å². The first-order valence-electron chi connectivity index (χ1n) is 8.36. The van der Waals surface area contributed by atoms with Gasteiger partial charge in [0.15, 0.2) is 0 Å². The molecule has 0 atom stereocenters. The first-order chi connectivity index (χ1) is 11.9. The van der Waals surface area contributed by atoms with Crippen LogP contribution >= 0.6 is 0 Å². The Morgan fingerprint density at radius 1 is 0.846 bits per heavy atom.